The zero-order chi connectivity index (χ0) is 40.3. The molecule has 12 atom stereocenters. The quantitative estimate of drug-likeness (QED) is 0.126. The number of benzene rings is 1. The summed E-state index contributed by atoms with van der Waals surface area (Å²) in [5.74, 6) is 1.63. The third-order valence-corrected chi connectivity index (χ3v) is 14.3. The molecule has 4 fully saturated rings. The number of carbonyl (C=O) groups excluding carboxylic acids is 4. The van der Waals surface area contributed by atoms with Crippen molar-refractivity contribution < 1.29 is 43.6 Å². The fraction of sp³-hybridized carbons (Fsp3) is 0.773. The molecule has 4 aliphatic carbocycles. The van der Waals surface area contributed by atoms with Gasteiger partial charge >= 0.3 is 18.0 Å². The molecule has 0 heterocycles. The van der Waals surface area contributed by atoms with Crippen molar-refractivity contribution in [2.75, 3.05) is 13.2 Å². The molecule has 55 heavy (non-hydrogen) atoms. The number of hydrogen-bond acceptors (Lipinski definition) is 9. The van der Waals surface area contributed by atoms with Gasteiger partial charge in [0.2, 0.25) is 5.91 Å². The third-order valence-electron chi connectivity index (χ3n) is 14.3. The zero-order valence-electron chi connectivity index (χ0n) is 34.5. The Bertz CT molecular complexity index is 1510. The molecule has 1 aromatic rings. The molecule has 0 bridgehead atoms. The summed E-state index contributed by atoms with van der Waals surface area (Å²) >= 11 is 0. The van der Waals surface area contributed by atoms with Gasteiger partial charge in [0.1, 0.15) is 23.9 Å². The van der Waals surface area contributed by atoms with Crippen LogP contribution < -0.4 is 15.4 Å². The molecule has 4 N–H and O–H groups in total. The number of rotatable bonds is 13. The van der Waals surface area contributed by atoms with E-state index in [1.807, 2.05) is 0 Å². The summed E-state index contributed by atoms with van der Waals surface area (Å²) in [5, 5.41) is 27.9. The molecule has 11 nitrogen and oxygen atoms in total. The molecule has 0 aliphatic heterocycles. The van der Waals surface area contributed by atoms with E-state index in [4.69, 9.17) is 14.2 Å². The summed E-state index contributed by atoms with van der Waals surface area (Å²) in [6.45, 7) is 16.2. The van der Waals surface area contributed by atoms with Gasteiger partial charge in [-0.25, -0.2) is 14.4 Å². The van der Waals surface area contributed by atoms with E-state index in [2.05, 4.69) is 38.3 Å². The second-order valence-electron chi connectivity index (χ2n) is 18.7. The molecule has 0 aromatic heterocycles. The van der Waals surface area contributed by atoms with E-state index in [-0.39, 0.29) is 54.4 Å². The molecule has 4 saturated carbocycles. The van der Waals surface area contributed by atoms with Gasteiger partial charge < -0.3 is 35.1 Å². The lowest BCUT2D eigenvalue weighted by Gasteiger charge is -2.64. The Morgan fingerprint density at radius 3 is 2.25 bits per heavy atom. The Kier molecular flexibility index (Phi) is 13.7. The zero-order valence-corrected chi connectivity index (χ0v) is 34.5. The highest BCUT2D eigenvalue weighted by Gasteiger charge is 2.64. The monoisotopic (exact) mass is 768 g/mol. The number of fused-ring (bicyclic) bond motifs is 5. The predicted octanol–water partition coefficient (Wildman–Crippen LogP) is 6.75. The van der Waals surface area contributed by atoms with Gasteiger partial charge in [-0.1, -0.05) is 46.2 Å². The van der Waals surface area contributed by atoms with E-state index in [0.717, 1.165) is 57.8 Å². The van der Waals surface area contributed by atoms with Gasteiger partial charge in [0.15, 0.2) is 0 Å². The van der Waals surface area contributed by atoms with Crippen LogP contribution in [0.2, 0.25) is 0 Å². The van der Waals surface area contributed by atoms with E-state index >= 15 is 0 Å². The van der Waals surface area contributed by atoms with E-state index < -0.39 is 29.7 Å². The number of aliphatic hydroxyl groups is 2. The van der Waals surface area contributed by atoms with Crippen LogP contribution >= 0.6 is 0 Å². The van der Waals surface area contributed by atoms with Crippen LogP contribution in [0.15, 0.2) is 24.3 Å². The van der Waals surface area contributed by atoms with Crippen molar-refractivity contribution >= 4 is 23.9 Å². The van der Waals surface area contributed by atoms with Crippen molar-refractivity contribution in [1.29, 1.82) is 0 Å². The second-order valence-corrected chi connectivity index (χ2v) is 18.7. The molecular weight excluding hydrogens is 700 g/mol. The first kappa shape index (κ1) is 43.0. The van der Waals surface area contributed by atoms with Gasteiger partial charge in [-0.15, -0.1) is 0 Å². The largest absolute Gasteiger partial charge is 0.464 e. The Labute approximate surface area is 328 Å². The Morgan fingerprint density at radius 1 is 0.927 bits per heavy atom. The maximum atomic E-state index is 12.9. The van der Waals surface area contributed by atoms with Gasteiger partial charge in [-0.2, -0.15) is 0 Å². The van der Waals surface area contributed by atoms with E-state index in [1.54, 1.807) is 52.0 Å². The fourth-order valence-electron chi connectivity index (χ4n) is 11.7. The van der Waals surface area contributed by atoms with Crippen LogP contribution in [-0.2, 0) is 30.3 Å². The van der Waals surface area contributed by atoms with Gasteiger partial charge in [-0.05, 0) is 149 Å². The summed E-state index contributed by atoms with van der Waals surface area (Å²) in [7, 11) is 0. The Morgan fingerprint density at radius 2 is 1.60 bits per heavy atom. The maximum absolute atomic E-state index is 12.9. The van der Waals surface area contributed by atoms with Gasteiger partial charge in [0.05, 0.1) is 18.8 Å². The summed E-state index contributed by atoms with van der Waals surface area (Å²) in [4.78, 5) is 50.4. The summed E-state index contributed by atoms with van der Waals surface area (Å²) in [5.41, 5.74) is 0.283. The van der Waals surface area contributed by atoms with Crippen LogP contribution in [0.4, 0.5) is 4.79 Å². The standard InChI is InChI=1S/C44H68N2O9/c1-9-30-34-24-28(47)19-21-44(34,8)33-20-22-43(7)31(16-17-32(43)38(33)39(30)50)26(3)11-18-36(48)45-25-37(49)54-29-14-12-27(13-15-29)23-35(40(51)53-10-2)46-41(52)55-42(4,5)6/h12-15,26,28,30-35,38-39,47,50H,9-11,16-25H2,1-8H3,(H,45,48)(H,46,52)/t26-,28-,30-,31-,32+,33+,34?,35+,38+,39-,43-,44-/m1/s1. The first-order valence-electron chi connectivity index (χ1n) is 21.0. The summed E-state index contributed by atoms with van der Waals surface area (Å²) in [6.07, 6.45) is 8.12. The van der Waals surface area contributed by atoms with E-state index in [9.17, 15) is 29.4 Å². The number of esters is 2. The fourth-order valence-corrected chi connectivity index (χ4v) is 11.7. The van der Waals surface area contributed by atoms with Gasteiger partial charge in [0, 0.05) is 12.8 Å². The Balaban J connectivity index is 1.09. The highest BCUT2D eigenvalue weighted by Crippen LogP contribution is 2.69. The molecule has 1 aromatic carbocycles. The number of alkyl carbamates (subject to hydrolysis) is 1. The molecule has 0 radical (unpaired) electrons. The molecule has 0 spiro atoms. The molecular formula is C44H68N2O9. The smallest absolute Gasteiger partial charge is 0.408 e. The molecule has 1 unspecified atom stereocenters. The van der Waals surface area contributed by atoms with Crippen molar-refractivity contribution in [1.82, 2.24) is 10.6 Å². The normalized spacial score (nSPS) is 33.9. The van der Waals surface area contributed by atoms with Crippen molar-refractivity contribution in [3.63, 3.8) is 0 Å². The van der Waals surface area contributed by atoms with Gasteiger partial charge in [-0.3, -0.25) is 4.79 Å². The van der Waals surface area contributed by atoms with Crippen molar-refractivity contribution in [3.8, 4) is 5.75 Å². The number of ether oxygens (including phenoxy) is 3. The molecule has 308 valence electrons. The number of nitrogens with one attached hydrogen (secondary N) is 2. The van der Waals surface area contributed by atoms with Crippen molar-refractivity contribution in [3.05, 3.63) is 29.8 Å². The molecule has 0 saturated heterocycles. The van der Waals surface area contributed by atoms with E-state index in [1.165, 1.54) is 0 Å². The SMILES string of the molecule is CCOC(=O)[C@H](Cc1ccc(OC(=O)CNC(=O)CC[C@@H](C)[C@H]2CC[C@H]3[C@@H]4[C@H](O)[C@H](CC)C5C[C@H](O)CC[C@]5(C)[C@H]4CC[C@]23C)cc1)NC(=O)OC(C)(C)C. The third kappa shape index (κ3) is 9.69. The minimum absolute atomic E-state index is 0.126. The molecule has 2 amide bonds. The maximum Gasteiger partial charge on any atom is 0.408 e. The topological polar surface area (TPSA) is 160 Å². The number of aliphatic hydroxyl groups excluding tert-OH is 2. The van der Waals surface area contributed by atoms with Crippen molar-refractivity contribution in [2.45, 2.75) is 150 Å². The van der Waals surface area contributed by atoms with Crippen LogP contribution in [0.5, 0.6) is 5.75 Å². The van der Waals surface area contributed by atoms with E-state index in [0.29, 0.717) is 53.2 Å². The number of hydrogen-bond donors (Lipinski definition) is 4. The predicted molar refractivity (Wildman–Crippen MR) is 209 cm³/mol. The first-order chi connectivity index (χ1) is 25.9. The van der Waals surface area contributed by atoms with Crippen LogP contribution in [0.1, 0.15) is 125 Å². The van der Waals surface area contributed by atoms with Crippen LogP contribution in [0.3, 0.4) is 0 Å². The lowest BCUT2D eigenvalue weighted by molar-refractivity contribution is -0.203. The second kappa shape index (κ2) is 17.5. The number of amides is 2. The van der Waals surface area contributed by atoms with Crippen LogP contribution in [0, 0.1) is 52.3 Å². The Hall–Kier alpha value is -3.18. The highest BCUT2D eigenvalue weighted by molar-refractivity contribution is 5.83. The van der Waals surface area contributed by atoms with Crippen LogP contribution in [0.25, 0.3) is 0 Å². The average Bonchev–Trinajstić information content (AvgIpc) is 3.47. The van der Waals surface area contributed by atoms with Crippen LogP contribution in [-0.4, -0.2) is 71.2 Å². The van der Waals surface area contributed by atoms with Gasteiger partial charge in [0.25, 0.3) is 0 Å². The molecule has 5 rings (SSSR count). The molecule has 4 aliphatic rings. The highest BCUT2D eigenvalue weighted by atomic mass is 16.6. The minimum atomic E-state index is -0.961. The average molecular weight is 769 g/mol. The summed E-state index contributed by atoms with van der Waals surface area (Å²) < 4.78 is 15.9. The lowest BCUT2D eigenvalue weighted by atomic mass is 9.41. The minimum Gasteiger partial charge on any atom is -0.464 e. The number of carbonyl (C=O) groups is 4. The van der Waals surface area contributed by atoms with Crippen molar-refractivity contribution in [2.24, 2.45) is 52.3 Å². The molecule has 11 heteroatoms. The summed E-state index contributed by atoms with van der Waals surface area (Å²) in [6, 6.07) is 5.63. The lowest BCUT2D eigenvalue weighted by Crippen LogP contribution is -2.62. The first-order valence-corrected chi connectivity index (χ1v) is 21.0.